The van der Waals surface area contributed by atoms with E-state index in [-0.39, 0.29) is 34.6 Å². The van der Waals surface area contributed by atoms with Crippen LogP contribution in [0.2, 0.25) is 0 Å². The number of sulfonamides is 1. The van der Waals surface area contributed by atoms with Gasteiger partial charge in [0.25, 0.3) is 5.56 Å². The van der Waals surface area contributed by atoms with Crippen molar-refractivity contribution in [1.29, 1.82) is 0 Å². The van der Waals surface area contributed by atoms with E-state index in [1.54, 1.807) is 30.3 Å². The summed E-state index contributed by atoms with van der Waals surface area (Å²) < 4.78 is 33.4. The predicted molar refractivity (Wildman–Crippen MR) is 184 cm³/mol. The summed E-state index contributed by atoms with van der Waals surface area (Å²) in [4.78, 5) is 39.3. The lowest BCUT2D eigenvalue weighted by molar-refractivity contribution is -0.130. The first-order valence-corrected chi connectivity index (χ1v) is 17.9. The van der Waals surface area contributed by atoms with Crippen molar-refractivity contribution in [3.8, 4) is 11.1 Å². The Hall–Kier alpha value is -4.30. The van der Waals surface area contributed by atoms with Crippen molar-refractivity contribution in [3.63, 3.8) is 0 Å². The highest BCUT2D eigenvalue weighted by Gasteiger charge is 2.30. The lowest BCUT2D eigenvalue weighted by Gasteiger charge is -2.28. The number of ether oxygens (including phenoxy) is 1. The molecule has 13 heteroatoms. The van der Waals surface area contributed by atoms with E-state index in [0.717, 1.165) is 47.9 Å². The molecule has 4 aromatic rings. The third-order valence-corrected chi connectivity index (χ3v) is 11.4. The lowest BCUT2D eigenvalue weighted by Crippen LogP contribution is -2.48. The van der Waals surface area contributed by atoms with E-state index in [9.17, 15) is 22.8 Å². The third-order valence-electron chi connectivity index (χ3n) is 9.55. The fourth-order valence-electron chi connectivity index (χ4n) is 6.57. The predicted octanol–water partition coefficient (Wildman–Crippen LogP) is 3.28. The zero-order valence-corrected chi connectivity index (χ0v) is 27.8. The Labute approximate surface area is 279 Å². The van der Waals surface area contributed by atoms with E-state index in [4.69, 9.17) is 10.5 Å². The van der Waals surface area contributed by atoms with Crippen molar-refractivity contribution in [2.45, 2.75) is 50.0 Å². The molecule has 1 unspecified atom stereocenters. The second-order valence-electron chi connectivity index (χ2n) is 12.7. The molecular weight excluding hydrogens is 632 g/mol. The van der Waals surface area contributed by atoms with Crippen LogP contribution in [0.3, 0.4) is 0 Å². The summed E-state index contributed by atoms with van der Waals surface area (Å²) in [6, 6.07) is 16.9. The van der Waals surface area contributed by atoms with Crippen LogP contribution in [0.15, 0.2) is 70.4 Å². The molecule has 0 spiro atoms. The van der Waals surface area contributed by atoms with E-state index in [1.807, 2.05) is 37.3 Å². The van der Waals surface area contributed by atoms with Gasteiger partial charge in [-0.05, 0) is 97.7 Å². The van der Waals surface area contributed by atoms with Gasteiger partial charge in [-0.25, -0.2) is 8.42 Å². The number of hydrogen-bond acceptors (Lipinski definition) is 7. The quantitative estimate of drug-likeness (QED) is 0.171. The highest BCUT2D eigenvalue weighted by atomic mass is 32.2. The Morgan fingerprint density at radius 2 is 1.71 bits per heavy atom. The molecule has 1 aromatic heterocycles. The van der Waals surface area contributed by atoms with Crippen molar-refractivity contribution in [2.75, 3.05) is 38.2 Å². The monoisotopic (exact) mass is 674 g/mol. The molecule has 6 N–H and O–H groups in total. The minimum absolute atomic E-state index is 0.151. The number of morpholine rings is 1. The van der Waals surface area contributed by atoms with Gasteiger partial charge in [0.2, 0.25) is 21.8 Å². The van der Waals surface area contributed by atoms with Gasteiger partial charge in [-0.2, -0.15) is 4.31 Å². The van der Waals surface area contributed by atoms with E-state index >= 15 is 0 Å². The molecule has 2 aliphatic rings. The van der Waals surface area contributed by atoms with E-state index in [0.29, 0.717) is 55.4 Å². The molecule has 1 saturated heterocycles. The molecular formula is C35H42N6O6S. The van der Waals surface area contributed by atoms with Crippen molar-refractivity contribution in [3.05, 3.63) is 82.1 Å². The molecule has 2 amide bonds. The van der Waals surface area contributed by atoms with Crippen LogP contribution in [0.1, 0.15) is 36.8 Å². The fourth-order valence-corrected chi connectivity index (χ4v) is 8.00. The number of nitrogens with one attached hydrogen (secondary N) is 4. The molecule has 1 atom stereocenters. The van der Waals surface area contributed by atoms with Gasteiger partial charge in [0, 0.05) is 31.1 Å². The number of H-pyrrole nitrogens is 2. The van der Waals surface area contributed by atoms with E-state index < -0.39 is 16.1 Å². The molecule has 1 saturated carbocycles. The number of nitrogens with zero attached hydrogens (tertiary/aromatic N) is 1. The number of hydrogen-bond donors (Lipinski definition) is 5. The molecule has 12 nitrogen and oxygen atoms in total. The maximum atomic E-state index is 13.7. The second-order valence-corrected chi connectivity index (χ2v) is 14.7. The van der Waals surface area contributed by atoms with Gasteiger partial charge in [-0.1, -0.05) is 30.3 Å². The van der Waals surface area contributed by atoms with Crippen LogP contribution < -0.4 is 21.9 Å². The van der Waals surface area contributed by atoms with Crippen LogP contribution in [0.4, 0.5) is 5.69 Å². The molecule has 0 bridgehead atoms. The summed E-state index contributed by atoms with van der Waals surface area (Å²) in [5.41, 5.74) is 10.0. The maximum absolute atomic E-state index is 13.7. The van der Waals surface area contributed by atoms with Crippen LogP contribution in [-0.2, 0) is 30.8 Å². The Morgan fingerprint density at radius 3 is 2.42 bits per heavy atom. The molecule has 48 heavy (non-hydrogen) atoms. The minimum Gasteiger partial charge on any atom is -0.379 e. The normalized spacial score (nSPS) is 19.5. The number of carbonyl (C=O) groups is 2. The van der Waals surface area contributed by atoms with E-state index in [1.165, 1.54) is 4.31 Å². The second kappa shape index (κ2) is 14.4. The summed E-state index contributed by atoms with van der Waals surface area (Å²) in [7, 11) is -3.66. The number of carbonyl (C=O) groups excluding carboxylic acids is 2. The van der Waals surface area contributed by atoms with Gasteiger partial charge in [0.05, 0.1) is 29.0 Å². The van der Waals surface area contributed by atoms with Crippen molar-refractivity contribution < 1.29 is 22.7 Å². The number of nitrogens with two attached hydrogens (primary N) is 1. The number of anilines is 1. The number of aromatic amines is 2. The maximum Gasteiger partial charge on any atom is 0.271 e. The zero-order chi connectivity index (χ0) is 33.8. The highest BCUT2D eigenvalue weighted by Crippen LogP contribution is 2.30. The smallest absolute Gasteiger partial charge is 0.271 e. The van der Waals surface area contributed by atoms with Crippen LogP contribution in [0.5, 0.6) is 0 Å². The topological polar surface area (TPSA) is 179 Å². The highest BCUT2D eigenvalue weighted by molar-refractivity contribution is 7.89. The number of fused-ring (bicyclic) bond motifs is 1. The standard InChI is InChI=1S/C35H42N6O6S/c1-22-2-12-28(48(45,46)41-14-16-47-17-15-41)20-30(22)25-7-3-23(4-8-25)18-32(38-33(42)26-9-5-24(21-36)6-10-26)35(44)37-27-11-13-29-31(19-27)39-40-34(29)43/h2-4,7-8,11-13,19-20,24,26,32H,5-6,9-10,14-18,21,36H2,1H3,(H,37,44)(H,38,42)(H2,39,40,43). The summed E-state index contributed by atoms with van der Waals surface area (Å²) in [5, 5.41) is 11.7. The Balaban J connectivity index is 1.21. The molecule has 254 valence electrons. The first kappa shape index (κ1) is 33.6. The van der Waals surface area contributed by atoms with Gasteiger partial charge in [-0.15, -0.1) is 0 Å². The molecule has 3 aromatic carbocycles. The first-order valence-electron chi connectivity index (χ1n) is 16.4. The van der Waals surface area contributed by atoms with Gasteiger partial charge in [-0.3, -0.25) is 24.6 Å². The van der Waals surface area contributed by atoms with Gasteiger partial charge in [0.15, 0.2) is 0 Å². The fraction of sp³-hybridized carbons (Fsp3) is 0.400. The zero-order valence-electron chi connectivity index (χ0n) is 27.0. The summed E-state index contributed by atoms with van der Waals surface area (Å²) >= 11 is 0. The minimum atomic E-state index is -3.66. The van der Waals surface area contributed by atoms with Crippen LogP contribution in [-0.4, -0.2) is 73.6 Å². The molecule has 6 rings (SSSR count). The van der Waals surface area contributed by atoms with Crippen molar-refractivity contribution in [2.24, 2.45) is 17.6 Å². The number of aromatic nitrogens is 2. The number of benzene rings is 3. The largest absolute Gasteiger partial charge is 0.379 e. The summed E-state index contributed by atoms with van der Waals surface area (Å²) in [5.74, 6) is -0.292. The summed E-state index contributed by atoms with van der Waals surface area (Å²) in [6.45, 7) is 3.93. The van der Waals surface area contributed by atoms with Gasteiger partial charge < -0.3 is 21.1 Å². The lowest BCUT2D eigenvalue weighted by atomic mass is 9.81. The number of rotatable bonds is 10. The third kappa shape index (κ3) is 7.39. The number of aryl methyl sites for hydroxylation is 1. The van der Waals surface area contributed by atoms with Crippen molar-refractivity contribution >= 4 is 38.4 Å². The van der Waals surface area contributed by atoms with Crippen LogP contribution in [0, 0.1) is 18.8 Å². The Bertz CT molecular complexity index is 1940. The van der Waals surface area contributed by atoms with Gasteiger partial charge in [0.1, 0.15) is 6.04 Å². The average Bonchev–Trinajstić information content (AvgIpc) is 3.48. The molecule has 2 heterocycles. The molecule has 0 radical (unpaired) electrons. The molecule has 1 aliphatic carbocycles. The number of amides is 2. The Morgan fingerprint density at radius 1 is 0.979 bits per heavy atom. The van der Waals surface area contributed by atoms with Crippen molar-refractivity contribution in [1.82, 2.24) is 19.8 Å². The summed E-state index contributed by atoms with van der Waals surface area (Å²) in [6.07, 6.45) is 3.47. The first-order chi connectivity index (χ1) is 23.1. The average molecular weight is 675 g/mol. The Kier molecular flexibility index (Phi) is 10.1. The van der Waals surface area contributed by atoms with Crippen LogP contribution >= 0.6 is 0 Å². The molecule has 1 aliphatic heterocycles. The SMILES string of the molecule is Cc1ccc(S(=O)(=O)N2CCOCC2)cc1-c1ccc(CC(NC(=O)C2CCC(CN)CC2)C(=O)Nc2ccc3c(=O)[nH][nH]c3c2)cc1. The molecule has 2 fully saturated rings. The van der Waals surface area contributed by atoms with E-state index in [2.05, 4.69) is 20.8 Å². The van der Waals surface area contributed by atoms with Gasteiger partial charge >= 0.3 is 0 Å². The van der Waals surface area contributed by atoms with Crippen LogP contribution in [0.25, 0.3) is 22.0 Å².